The van der Waals surface area contributed by atoms with Crippen LogP contribution in [-0.2, 0) is 9.59 Å². The molecule has 5 heteroatoms. The van der Waals surface area contributed by atoms with Crippen molar-refractivity contribution < 1.29 is 14.7 Å². The number of nitrogens with one attached hydrogen (secondary N) is 1. The Morgan fingerprint density at radius 2 is 1.83 bits per heavy atom. The molecule has 1 atom stereocenters. The first-order valence-electron chi connectivity index (χ1n) is 6.68. The minimum atomic E-state index is -0.989. The molecule has 0 aromatic carbocycles. The van der Waals surface area contributed by atoms with Gasteiger partial charge in [-0.05, 0) is 25.2 Å². The van der Waals surface area contributed by atoms with Crippen LogP contribution in [0, 0.1) is 5.92 Å². The Morgan fingerprint density at radius 3 is 2.28 bits per heavy atom. The van der Waals surface area contributed by atoms with Crippen LogP contribution in [0.15, 0.2) is 0 Å². The Labute approximate surface area is 108 Å². The maximum Gasteiger partial charge on any atom is 0.326 e. The molecule has 1 fully saturated rings. The van der Waals surface area contributed by atoms with Crippen molar-refractivity contribution in [1.29, 1.82) is 0 Å². The molecule has 104 valence electrons. The summed E-state index contributed by atoms with van der Waals surface area (Å²) in [5, 5.41) is 11.7. The van der Waals surface area contributed by atoms with Crippen molar-refractivity contribution in [3.63, 3.8) is 0 Å². The topological polar surface area (TPSA) is 92.4 Å². The number of carbonyl (C=O) groups is 2. The van der Waals surface area contributed by atoms with Crippen LogP contribution in [0.5, 0.6) is 0 Å². The van der Waals surface area contributed by atoms with E-state index in [1.807, 2.05) is 13.8 Å². The average Bonchev–Trinajstić information content (AvgIpc) is 2.28. The fourth-order valence-corrected chi connectivity index (χ4v) is 2.40. The van der Waals surface area contributed by atoms with Gasteiger partial charge in [0.2, 0.25) is 5.91 Å². The molecule has 18 heavy (non-hydrogen) atoms. The molecule has 1 saturated carbocycles. The van der Waals surface area contributed by atoms with Gasteiger partial charge in [-0.3, -0.25) is 4.79 Å². The molecule has 1 aliphatic carbocycles. The summed E-state index contributed by atoms with van der Waals surface area (Å²) < 4.78 is 0. The van der Waals surface area contributed by atoms with E-state index in [0.717, 1.165) is 19.3 Å². The van der Waals surface area contributed by atoms with Gasteiger partial charge in [-0.2, -0.15) is 0 Å². The number of hydrogen-bond donors (Lipinski definition) is 3. The van der Waals surface area contributed by atoms with Gasteiger partial charge in [0.1, 0.15) is 6.04 Å². The van der Waals surface area contributed by atoms with E-state index in [-0.39, 0.29) is 11.8 Å². The fourth-order valence-electron chi connectivity index (χ4n) is 2.40. The lowest BCUT2D eigenvalue weighted by Crippen LogP contribution is -2.58. The van der Waals surface area contributed by atoms with Crippen LogP contribution in [-0.4, -0.2) is 28.6 Å². The van der Waals surface area contributed by atoms with Crippen molar-refractivity contribution >= 4 is 11.9 Å². The Bertz CT molecular complexity index is 309. The van der Waals surface area contributed by atoms with Gasteiger partial charge >= 0.3 is 5.97 Å². The largest absolute Gasteiger partial charge is 0.480 e. The highest BCUT2D eigenvalue weighted by Gasteiger charge is 2.37. The first kappa shape index (κ1) is 15.0. The predicted octanol–water partition coefficient (Wildman–Crippen LogP) is 1.26. The summed E-state index contributed by atoms with van der Waals surface area (Å²) in [7, 11) is 0. The Hall–Kier alpha value is -1.10. The van der Waals surface area contributed by atoms with Crippen molar-refractivity contribution in [1.82, 2.24) is 5.32 Å². The summed E-state index contributed by atoms with van der Waals surface area (Å²) in [6.07, 6.45) is 4.69. The second-order valence-corrected chi connectivity index (χ2v) is 5.71. The van der Waals surface area contributed by atoms with Crippen LogP contribution >= 0.6 is 0 Å². The molecule has 0 heterocycles. The number of rotatable bonds is 5. The van der Waals surface area contributed by atoms with Crippen LogP contribution in [0.3, 0.4) is 0 Å². The van der Waals surface area contributed by atoms with Crippen LogP contribution in [0.4, 0.5) is 0 Å². The highest BCUT2D eigenvalue weighted by Crippen LogP contribution is 2.26. The van der Waals surface area contributed by atoms with E-state index in [9.17, 15) is 9.59 Å². The summed E-state index contributed by atoms with van der Waals surface area (Å²) in [6.45, 7) is 3.86. The standard InChI is InChI=1S/C13H24N2O3/c1-9(2)8-10(11(16)17)15-12(18)13(14)6-4-3-5-7-13/h9-10H,3-8,14H2,1-2H3,(H,15,18)(H,16,17). The summed E-state index contributed by atoms with van der Waals surface area (Å²) in [5.41, 5.74) is 5.20. The minimum Gasteiger partial charge on any atom is -0.480 e. The molecule has 1 rings (SSSR count). The number of carbonyl (C=O) groups excluding carboxylic acids is 1. The monoisotopic (exact) mass is 256 g/mol. The normalized spacial score (nSPS) is 20.4. The van der Waals surface area contributed by atoms with Gasteiger partial charge in [0, 0.05) is 0 Å². The number of aliphatic carboxylic acids is 1. The number of carboxylic acid groups (broad SMARTS) is 1. The van der Waals surface area contributed by atoms with Gasteiger partial charge in [-0.1, -0.05) is 33.1 Å². The van der Waals surface area contributed by atoms with Crippen LogP contribution < -0.4 is 11.1 Å². The predicted molar refractivity (Wildman–Crippen MR) is 69.0 cm³/mol. The van der Waals surface area contributed by atoms with Crippen LogP contribution in [0.1, 0.15) is 52.4 Å². The molecular formula is C13H24N2O3. The fraction of sp³-hybridized carbons (Fsp3) is 0.846. The summed E-state index contributed by atoms with van der Waals surface area (Å²) in [6, 6.07) is -0.833. The highest BCUT2D eigenvalue weighted by molar-refractivity contribution is 5.90. The average molecular weight is 256 g/mol. The van der Waals surface area contributed by atoms with Crippen molar-refractivity contribution in [2.45, 2.75) is 64.0 Å². The molecule has 4 N–H and O–H groups in total. The Balaban J connectivity index is 2.62. The Kier molecular flexibility index (Phi) is 5.14. The molecule has 0 bridgehead atoms. The van der Waals surface area contributed by atoms with E-state index in [4.69, 9.17) is 10.8 Å². The van der Waals surface area contributed by atoms with E-state index in [1.165, 1.54) is 0 Å². The zero-order valence-corrected chi connectivity index (χ0v) is 11.2. The maximum absolute atomic E-state index is 12.1. The zero-order chi connectivity index (χ0) is 13.8. The molecule has 0 aromatic rings. The second kappa shape index (κ2) is 6.18. The third-order valence-corrected chi connectivity index (χ3v) is 3.51. The molecule has 0 saturated heterocycles. The minimum absolute atomic E-state index is 0.214. The smallest absolute Gasteiger partial charge is 0.326 e. The molecule has 5 nitrogen and oxygen atoms in total. The van der Waals surface area contributed by atoms with Crippen molar-refractivity contribution in [3.8, 4) is 0 Å². The second-order valence-electron chi connectivity index (χ2n) is 5.71. The number of carboxylic acids is 1. The van der Waals surface area contributed by atoms with Gasteiger partial charge in [-0.25, -0.2) is 4.79 Å². The van der Waals surface area contributed by atoms with Crippen molar-refractivity contribution in [2.75, 3.05) is 0 Å². The first-order valence-corrected chi connectivity index (χ1v) is 6.68. The molecule has 1 aliphatic rings. The van der Waals surface area contributed by atoms with Crippen molar-refractivity contribution in [2.24, 2.45) is 11.7 Å². The lowest BCUT2D eigenvalue weighted by atomic mass is 9.81. The quantitative estimate of drug-likeness (QED) is 0.690. The molecule has 1 unspecified atom stereocenters. The lowest BCUT2D eigenvalue weighted by Gasteiger charge is -2.33. The summed E-state index contributed by atoms with van der Waals surface area (Å²) in [5.74, 6) is -1.09. The molecule has 0 radical (unpaired) electrons. The number of hydrogen-bond acceptors (Lipinski definition) is 3. The number of amides is 1. The van der Waals surface area contributed by atoms with E-state index < -0.39 is 17.6 Å². The third kappa shape index (κ3) is 3.98. The maximum atomic E-state index is 12.1. The van der Waals surface area contributed by atoms with Gasteiger partial charge in [0.25, 0.3) is 0 Å². The molecule has 0 aliphatic heterocycles. The summed E-state index contributed by atoms with van der Waals surface area (Å²) in [4.78, 5) is 23.2. The SMILES string of the molecule is CC(C)CC(NC(=O)C1(N)CCCCC1)C(=O)O. The van der Waals surface area contributed by atoms with Crippen molar-refractivity contribution in [3.05, 3.63) is 0 Å². The van der Waals surface area contributed by atoms with E-state index in [2.05, 4.69) is 5.32 Å². The lowest BCUT2D eigenvalue weighted by molar-refractivity contribution is -0.143. The summed E-state index contributed by atoms with van der Waals surface area (Å²) >= 11 is 0. The molecule has 0 spiro atoms. The highest BCUT2D eigenvalue weighted by atomic mass is 16.4. The van der Waals surface area contributed by atoms with E-state index >= 15 is 0 Å². The van der Waals surface area contributed by atoms with E-state index in [1.54, 1.807) is 0 Å². The Morgan fingerprint density at radius 1 is 1.28 bits per heavy atom. The van der Waals surface area contributed by atoms with Gasteiger partial charge in [0.05, 0.1) is 5.54 Å². The van der Waals surface area contributed by atoms with E-state index in [0.29, 0.717) is 19.3 Å². The van der Waals surface area contributed by atoms with Gasteiger partial charge in [-0.15, -0.1) is 0 Å². The van der Waals surface area contributed by atoms with Gasteiger partial charge in [0.15, 0.2) is 0 Å². The third-order valence-electron chi connectivity index (χ3n) is 3.51. The zero-order valence-electron chi connectivity index (χ0n) is 11.2. The molecule has 1 amide bonds. The van der Waals surface area contributed by atoms with Crippen LogP contribution in [0.2, 0.25) is 0 Å². The number of nitrogens with two attached hydrogens (primary N) is 1. The van der Waals surface area contributed by atoms with Gasteiger partial charge < -0.3 is 16.2 Å². The first-order chi connectivity index (χ1) is 8.35. The molecular weight excluding hydrogens is 232 g/mol. The molecule has 0 aromatic heterocycles. The van der Waals surface area contributed by atoms with Crippen LogP contribution in [0.25, 0.3) is 0 Å².